The molecule has 5 rings (SSSR count). The Morgan fingerprint density at radius 2 is 1.60 bits per heavy atom. The maximum Gasteiger partial charge on any atom is 0.387 e. The van der Waals surface area contributed by atoms with Crippen LogP contribution in [-0.4, -0.2) is 28.7 Å². The van der Waals surface area contributed by atoms with E-state index in [1.165, 1.54) is 12.1 Å². The van der Waals surface area contributed by atoms with E-state index in [1.54, 1.807) is 31.6 Å². The molecular formula is C27H20F2N4O2. The van der Waals surface area contributed by atoms with E-state index >= 15 is 0 Å². The topological polar surface area (TPSA) is 69.2 Å². The molecular weight excluding hydrogens is 450 g/mol. The standard InChI is InChI=1S/C27H20F2N4O2/c1-34-21-8-2-5-17(13-21)18-10-11-24-23(14-18)26(33-25(32-24)19-6-4-12-30-16-19)31-20-7-3-9-22(15-20)35-27(28)29/h2-16,27H,1H3,(H,31,32,33). The van der Waals surface area contributed by atoms with Crippen LogP contribution in [0, 0.1) is 0 Å². The summed E-state index contributed by atoms with van der Waals surface area (Å²) in [5.41, 5.74) is 3.94. The fraction of sp³-hybridized carbons (Fsp3) is 0.0741. The van der Waals surface area contributed by atoms with Crippen LogP contribution in [0.4, 0.5) is 20.3 Å². The molecule has 0 amide bonds. The summed E-state index contributed by atoms with van der Waals surface area (Å²) in [5.74, 6) is 1.81. The molecule has 8 heteroatoms. The zero-order valence-corrected chi connectivity index (χ0v) is 18.7. The number of alkyl halides is 2. The number of nitrogens with zero attached hydrogens (tertiary/aromatic N) is 3. The van der Waals surface area contributed by atoms with Gasteiger partial charge in [0.25, 0.3) is 0 Å². The highest BCUT2D eigenvalue weighted by molar-refractivity contribution is 5.95. The largest absolute Gasteiger partial charge is 0.497 e. The van der Waals surface area contributed by atoms with Crippen LogP contribution < -0.4 is 14.8 Å². The molecule has 2 aromatic heterocycles. The van der Waals surface area contributed by atoms with Crippen LogP contribution in [0.5, 0.6) is 11.5 Å². The zero-order valence-electron chi connectivity index (χ0n) is 18.7. The van der Waals surface area contributed by atoms with Gasteiger partial charge < -0.3 is 14.8 Å². The average molecular weight is 470 g/mol. The molecule has 0 spiro atoms. The number of benzene rings is 3. The van der Waals surface area contributed by atoms with Crippen LogP contribution in [0.25, 0.3) is 33.4 Å². The first-order valence-electron chi connectivity index (χ1n) is 10.8. The van der Waals surface area contributed by atoms with Crippen LogP contribution in [0.3, 0.4) is 0 Å². The van der Waals surface area contributed by atoms with Gasteiger partial charge in [-0.3, -0.25) is 4.98 Å². The van der Waals surface area contributed by atoms with Crippen molar-refractivity contribution >= 4 is 22.4 Å². The second-order valence-corrected chi connectivity index (χ2v) is 7.63. The minimum Gasteiger partial charge on any atom is -0.497 e. The molecule has 0 aliphatic heterocycles. The predicted octanol–water partition coefficient (Wildman–Crippen LogP) is 6.71. The van der Waals surface area contributed by atoms with Gasteiger partial charge >= 0.3 is 6.61 Å². The van der Waals surface area contributed by atoms with Gasteiger partial charge in [0.2, 0.25) is 0 Å². The molecule has 0 fully saturated rings. The number of fused-ring (bicyclic) bond motifs is 1. The highest BCUT2D eigenvalue weighted by atomic mass is 19.3. The summed E-state index contributed by atoms with van der Waals surface area (Å²) in [6.07, 6.45) is 3.37. The molecule has 0 atom stereocenters. The quantitative estimate of drug-likeness (QED) is 0.285. The maximum absolute atomic E-state index is 12.7. The summed E-state index contributed by atoms with van der Waals surface area (Å²) in [5, 5.41) is 4.01. The van der Waals surface area contributed by atoms with E-state index in [1.807, 2.05) is 54.6 Å². The fourth-order valence-corrected chi connectivity index (χ4v) is 3.72. The SMILES string of the molecule is COc1cccc(-c2ccc3nc(-c4cccnc4)nc(Nc4cccc(OC(F)F)c4)c3c2)c1. The van der Waals surface area contributed by atoms with Crippen LogP contribution in [0.15, 0.2) is 91.3 Å². The highest BCUT2D eigenvalue weighted by Gasteiger charge is 2.13. The van der Waals surface area contributed by atoms with Crippen molar-refractivity contribution in [3.63, 3.8) is 0 Å². The van der Waals surface area contributed by atoms with Crippen molar-refractivity contribution < 1.29 is 18.3 Å². The Morgan fingerprint density at radius 3 is 2.40 bits per heavy atom. The summed E-state index contributed by atoms with van der Waals surface area (Å²) in [4.78, 5) is 13.6. The molecule has 3 aromatic carbocycles. The second-order valence-electron chi connectivity index (χ2n) is 7.63. The summed E-state index contributed by atoms with van der Waals surface area (Å²) in [7, 11) is 1.63. The minimum absolute atomic E-state index is 0.0490. The first kappa shape index (κ1) is 22.2. The van der Waals surface area contributed by atoms with Crippen LogP contribution in [-0.2, 0) is 0 Å². The number of ether oxygens (including phenoxy) is 2. The van der Waals surface area contributed by atoms with Gasteiger partial charge in [-0.2, -0.15) is 8.78 Å². The molecule has 0 aliphatic carbocycles. The van der Waals surface area contributed by atoms with Gasteiger partial charge in [-0.1, -0.05) is 24.3 Å². The Balaban J connectivity index is 1.63. The lowest BCUT2D eigenvalue weighted by Crippen LogP contribution is -2.03. The third-order valence-corrected chi connectivity index (χ3v) is 5.34. The molecule has 1 N–H and O–H groups in total. The molecule has 5 aromatic rings. The first-order valence-corrected chi connectivity index (χ1v) is 10.8. The third kappa shape index (κ3) is 5.01. The molecule has 0 bridgehead atoms. The Bertz CT molecular complexity index is 1480. The van der Waals surface area contributed by atoms with E-state index < -0.39 is 6.61 Å². The lowest BCUT2D eigenvalue weighted by molar-refractivity contribution is -0.0498. The normalized spacial score (nSPS) is 11.0. The van der Waals surface area contributed by atoms with Gasteiger partial charge in [0.05, 0.1) is 12.6 Å². The Labute approximate surface area is 200 Å². The predicted molar refractivity (Wildman–Crippen MR) is 131 cm³/mol. The van der Waals surface area contributed by atoms with Crippen molar-refractivity contribution in [1.29, 1.82) is 0 Å². The lowest BCUT2D eigenvalue weighted by Gasteiger charge is -2.13. The van der Waals surface area contributed by atoms with Crippen LogP contribution in [0.2, 0.25) is 0 Å². The smallest absolute Gasteiger partial charge is 0.387 e. The number of hydrogen-bond donors (Lipinski definition) is 1. The lowest BCUT2D eigenvalue weighted by atomic mass is 10.0. The number of methoxy groups -OCH3 is 1. The average Bonchev–Trinajstić information content (AvgIpc) is 2.89. The minimum atomic E-state index is -2.91. The molecule has 0 unspecified atom stereocenters. The molecule has 0 saturated carbocycles. The molecule has 35 heavy (non-hydrogen) atoms. The number of hydrogen-bond acceptors (Lipinski definition) is 6. The van der Waals surface area contributed by atoms with Crippen molar-refractivity contribution in [2.24, 2.45) is 0 Å². The highest BCUT2D eigenvalue weighted by Crippen LogP contribution is 2.33. The Hall–Kier alpha value is -4.59. The van der Waals surface area contributed by atoms with Gasteiger partial charge in [0, 0.05) is 35.1 Å². The van der Waals surface area contributed by atoms with E-state index in [-0.39, 0.29) is 5.75 Å². The molecule has 0 radical (unpaired) electrons. The van der Waals surface area contributed by atoms with Crippen molar-refractivity contribution in [3.8, 4) is 34.0 Å². The number of rotatable bonds is 7. The van der Waals surface area contributed by atoms with Crippen LogP contribution >= 0.6 is 0 Å². The number of pyridine rings is 1. The van der Waals surface area contributed by atoms with Gasteiger partial charge in [0.15, 0.2) is 5.82 Å². The van der Waals surface area contributed by atoms with Crippen LogP contribution in [0.1, 0.15) is 0 Å². The van der Waals surface area contributed by atoms with Crippen molar-refractivity contribution in [2.45, 2.75) is 6.61 Å². The third-order valence-electron chi connectivity index (χ3n) is 5.34. The molecule has 0 saturated heterocycles. The van der Waals surface area contributed by atoms with E-state index in [4.69, 9.17) is 14.7 Å². The molecule has 6 nitrogen and oxygen atoms in total. The van der Waals surface area contributed by atoms with E-state index in [0.717, 1.165) is 27.8 Å². The number of halogens is 2. The number of nitrogens with one attached hydrogen (secondary N) is 1. The van der Waals surface area contributed by atoms with Gasteiger partial charge in [-0.15, -0.1) is 0 Å². The van der Waals surface area contributed by atoms with Crippen molar-refractivity contribution in [3.05, 3.63) is 91.3 Å². The van der Waals surface area contributed by atoms with E-state index in [2.05, 4.69) is 15.0 Å². The zero-order chi connectivity index (χ0) is 24.2. The van der Waals surface area contributed by atoms with Crippen molar-refractivity contribution in [1.82, 2.24) is 15.0 Å². The summed E-state index contributed by atoms with van der Waals surface area (Å²) < 4.78 is 35.3. The van der Waals surface area contributed by atoms with E-state index in [0.29, 0.717) is 22.8 Å². The van der Waals surface area contributed by atoms with Gasteiger partial charge in [-0.05, 0) is 59.7 Å². The molecule has 174 valence electrons. The fourth-order valence-electron chi connectivity index (χ4n) is 3.72. The number of anilines is 2. The Morgan fingerprint density at radius 1 is 0.800 bits per heavy atom. The monoisotopic (exact) mass is 470 g/mol. The second kappa shape index (κ2) is 9.72. The summed E-state index contributed by atoms with van der Waals surface area (Å²) in [6, 6.07) is 23.7. The summed E-state index contributed by atoms with van der Waals surface area (Å²) in [6.45, 7) is -2.91. The first-order chi connectivity index (χ1) is 17.1. The van der Waals surface area contributed by atoms with Gasteiger partial charge in [-0.25, -0.2) is 9.97 Å². The Kier molecular flexibility index (Phi) is 6.17. The number of aromatic nitrogens is 3. The maximum atomic E-state index is 12.7. The van der Waals surface area contributed by atoms with E-state index in [9.17, 15) is 8.78 Å². The molecule has 0 aliphatic rings. The molecule has 2 heterocycles. The van der Waals surface area contributed by atoms with Crippen molar-refractivity contribution in [2.75, 3.05) is 12.4 Å². The summed E-state index contributed by atoms with van der Waals surface area (Å²) >= 11 is 0. The van der Waals surface area contributed by atoms with Gasteiger partial charge in [0.1, 0.15) is 17.3 Å².